The number of carbonyl (C=O) groups is 2. The molecule has 110 valence electrons. The highest BCUT2D eigenvalue weighted by molar-refractivity contribution is 9.10. The van der Waals surface area contributed by atoms with Crippen molar-refractivity contribution in [1.29, 1.82) is 0 Å². The molecule has 0 aliphatic heterocycles. The van der Waals surface area contributed by atoms with E-state index in [2.05, 4.69) is 26.6 Å². The fourth-order valence-electron chi connectivity index (χ4n) is 1.58. The molecule has 2 amide bonds. The number of rotatable bonds is 7. The Morgan fingerprint density at radius 2 is 2.15 bits per heavy atom. The number of alkyl halides is 1. The van der Waals surface area contributed by atoms with Crippen LogP contribution in [0.25, 0.3) is 0 Å². The second kappa shape index (κ2) is 8.68. The van der Waals surface area contributed by atoms with E-state index >= 15 is 0 Å². The number of halogens is 2. The monoisotopic (exact) mass is 344 g/mol. The maximum Gasteiger partial charge on any atom is 0.233 e. The summed E-state index contributed by atoms with van der Waals surface area (Å²) in [6, 6.07) is 5.67. The molecule has 2 N–H and O–H groups in total. The smallest absolute Gasteiger partial charge is 0.233 e. The van der Waals surface area contributed by atoms with Crippen molar-refractivity contribution >= 4 is 33.4 Å². The Kier molecular flexibility index (Phi) is 7.22. The minimum Gasteiger partial charge on any atom is -0.355 e. The molecule has 0 radical (unpaired) electrons. The average molecular weight is 345 g/mol. The lowest BCUT2D eigenvalue weighted by Crippen LogP contribution is -2.33. The Morgan fingerprint density at radius 1 is 1.40 bits per heavy atom. The van der Waals surface area contributed by atoms with Crippen molar-refractivity contribution in [2.75, 3.05) is 11.9 Å². The summed E-state index contributed by atoms with van der Waals surface area (Å²) in [5, 5.41) is 5.24. The minimum atomic E-state index is -0.405. The van der Waals surface area contributed by atoms with Crippen molar-refractivity contribution in [3.8, 4) is 0 Å². The van der Waals surface area contributed by atoms with E-state index < -0.39 is 5.82 Å². The third-order valence-electron chi connectivity index (χ3n) is 2.59. The van der Waals surface area contributed by atoms with Gasteiger partial charge >= 0.3 is 0 Å². The molecule has 0 aromatic heterocycles. The standard InChI is InChI=1S/C14H18BrFN2O2/c1-2-4-12(15)14(20)17-8-7-13(19)18-11-6-3-5-10(16)9-11/h3,5-6,9,12H,2,4,7-8H2,1H3,(H,17,20)(H,18,19)/t12-/m1/s1. The quantitative estimate of drug-likeness (QED) is 0.747. The van der Waals surface area contributed by atoms with Gasteiger partial charge in [0.05, 0.1) is 4.83 Å². The van der Waals surface area contributed by atoms with Gasteiger partial charge in [-0.1, -0.05) is 35.3 Å². The Morgan fingerprint density at radius 3 is 2.80 bits per heavy atom. The molecule has 1 aromatic rings. The fourth-order valence-corrected chi connectivity index (χ4v) is 2.20. The zero-order valence-corrected chi connectivity index (χ0v) is 12.9. The maximum absolute atomic E-state index is 12.9. The van der Waals surface area contributed by atoms with Crippen LogP contribution in [-0.2, 0) is 9.59 Å². The first kappa shape index (κ1) is 16.6. The average Bonchev–Trinajstić information content (AvgIpc) is 2.38. The molecule has 4 nitrogen and oxygen atoms in total. The van der Waals surface area contributed by atoms with E-state index in [9.17, 15) is 14.0 Å². The van der Waals surface area contributed by atoms with E-state index in [1.165, 1.54) is 18.2 Å². The van der Waals surface area contributed by atoms with Gasteiger partial charge < -0.3 is 10.6 Å². The zero-order chi connectivity index (χ0) is 15.0. The molecule has 6 heteroatoms. The van der Waals surface area contributed by atoms with Gasteiger partial charge in [0.15, 0.2) is 0 Å². The summed E-state index contributed by atoms with van der Waals surface area (Å²) in [5.74, 6) is -0.791. The van der Waals surface area contributed by atoms with E-state index in [-0.39, 0.29) is 29.6 Å². The molecule has 1 rings (SSSR count). The molecule has 0 unspecified atom stereocenters. The van der Waals surface area contributed by atoms with Gasteiger partial charge in [-0.3, -0.25) is 9.59 Å². The zero-order valence-electron chi connectivity index (χ0n) is 11.3. The van der Waals surface area contributed by atoms with Crippen molar-refractivity contribution in [1.82, 2.24) is 5.32 Å². The van der Waals surface area contributed by atoms with Gasteiger partial charge in [0.1, 0.15) is 5.82 Å². The molecule has 0 aliphatic carbocycles. The Labute approximate surface area is 126 Å². The van der Waals surface area contributed by atoms with E-state index in [1.54, 1.807) is 6.07 Å². The molecular weight excluding hydrogens is 327 g/mol. The summed E-state index contributed by atoms with van der Waals surface area (Å²) < 4.78 is 12.9. The van der Waals surface area contributed by atoms with Gasteiger partial charge in [-0.2, -0.15) is 0 Å². The molecule has 20 heavy (non-hydrogen) atoms. The van der Waals surface area contributed by atoms with E-state index in [0.29, 0.717) is 5.69 Å². The van der Waals surface area contributed by atoms with Crippen molar-refractivity contribution in [3.05, 3.63) is 30.1 Å². The van der Waals surface area contributed by atoms with Gasteiger partial charge in [0, 0.05) is 18.7 Å². The van der Waals surface area contributed by atoms with Crippen molar-refractivity contribution < 1.29 is 14.0 Å². The molecule has 0 heterocycles. The van der Waals surface area contributed by atoms with Crippen LogP contribution in [0.15, 0.2) is 24.3 Å². The molecule has 0 saturated carbocycles. The first-order chi connectivity index (χ1) is 9.52. The first-order valence-electron chi connectivity index (χ1n) is 6.50. The van der Waals surface area contributed by atoms with Crippen LogP contribution in [0.2, 0.25) is 0 Å². The van der Waals surface area contributed by atoms with Crippen LogP contribution in [0, 0.1) is 5.82 Å². The van der Waals surface area contributed by atoms with Gasteiger partial charge in [0.25, 0.3) is 0 Å². The van der Waals surface area contributed by atoms with Gasteiger partial charge in [-0.15, -0.1) is 0 Å². The van der Waals surface area contributed by atoms with Crippen LogP contribution in [0.5, 0.6) is 0 Å². The number of hydrogen-bond acceptors (Lipinski definition) is 2. The first-order valence-corrected chi connectivity index (χ1v) is 7.41. The largest absolute Gasteiger partial charge is 0.355 e. The predicted octanol–water partition coefficient (Wildman–Crippen LogP) is 2.83. The topological polar surface area (TPSA) is 58.2 Å². The van der Waals surface area contributed by atoms with Crippen molar-refractivity contribution in [2.45, 2.75) is 31.0 Å². The minimum absolute atomic E-state index is 0.120. The molecule has 0 aliphatic rings. The number of nitrogens with one attached hydrogen (secondary N) is 2. The lowest BCUT2D eigenvalue weighted by atomic mass is 10.2. The van der Waals surface area contributed by atoms with E-state index in [4.69, 9.17) is 0 Å². The number of carbonyl (C=O) groups excluding carboxylic acids is 2. The highest BCUT2D eigenvalue weighted by atomic mass is 79.9. The van der Waals surface area contributed by atoms with Gasteiger partial charge in [0.2, 0.25) is 11.8 Å². The van der Waals surface area contributed by atoms with Crippen LogP contribution in [0.4, 0.5) is 10.1 Å². The molecule has 0 saturated heterocycles. The normalized spacial score (nSPS) is 11.8. The van der Waals surface area contributed by atoms with Crippen LogP contribution in [-0.4, -0.2) is 23.2 Å². The number of amides is 2. The molecule has 0 spiro atoms. The van der Waals surface area contributed by atoms with E-state index in [1.807, 2.05) is 6.92 Å². The Hall–Kier alpha value is -1.43. The second-order valence-corrected chi connectivity index (χ2v) is 5.46. The van der Waals surface area contributed by atoms with Crippen LogP contribution < -0.4 is 10.6 Å². The number of benzene rings is 1. The summed E-state index contributed by atoms with van der Waals surface area (Å²) in [7, 11) is 0. The van der Waals surface area contributed by atoms with E-state index in [0.717, 1.165) is 12.8 Å². The summed E-state index contributed by atoms with van der Waals surface area (Å²) in [5.41, 5.74) is 0.408. The summed E-state index contributed by atoms with van der Waals surface area (Å²) in [6.45, 7) is 2.25. The maximum atomic E-state index is 12.9. The van der Waals surface area contributed by atoms with Crippen molar-refractivity contribution in [3.63, 3.8) is 0 Å². The fraction of sp³-hybridized carbons (Fsp3) is 0.429. The Bertz CT molecular complexity index is 468. The number of hydrogen-bond donors (Lipinski definition) is 2. The molecule has 0 fully saturated rings. The van der Waals surface area contributed by atoms with Crippen LogP contribution in [0.1, 0.15) is 26.2 Å². The molecule has 0 bridgehead atoms. The molecular formula is C14H18BrFN2O2. The molecule has 1 atom stereocenters. The summed E-state index contributed by atoms with van der Waals surface area (Å²) in [4.78, 5) is 23.0. The van der Waals surface area contributed by atoms with Gasteiger partial charge in [-0.05, 0) is 24.6 Å². The number of anilines is 1. The SMILES string of the molecule is CCC[C@@H](Br)C(=O)NCCC(=O)Nc1cccc(F)c1. The highest BCUT2D eigenvalue weighted by Crippen LogP contribution is 2.09. The van der Waals surface area contributed by atoms with Crippen molar-refractivity contribution in [2.24, 2.45) is 0 Å². The Balaban J connectivity index is 2.28. The van der Waals surface area contributed by atoms with Gasteiger partial charge in [-0.25, -0.2) is 4.39 Å². The lowest BCUT2D eigenvalue weighted by molar-refractivity contribution is -0.120. The second-order valence-electron chi connectivity index (χ2n) is 4.36. The lowest BCUT2D eigenvalue weighted by Gasteiger charge is -2.10. The third kappa shape index (κ3) is 6.14. The third-order valence-corrected chi connectivity index (χ3v) is 3.46. The predicted molar refractivity (Wildman–Crippen MR) is 80.3 cm³/mol. The highest BCUT2D eigenvalue weighted by Gasteiger charge is 2.13. The molecule has 1 aromatic carbocycles. The van der Waals surface area contributed by atoms with Crippen LogP contribution in [0.3, 0.4) is 0 Å². The summed E-state index contributed by atoms with van der Waals surface area (Å²) in [6.07, 6.45) is 1.80. The van der Waals surface area contributed by atoms with Crippen LogP contribution >= 0.6 is 15.9 Å². The summed E-state index contributed by atoms with van der Waals surface area (Å²) >= 11 is 3.28.